The van der Waals surface area contributed by atoms with Crippen molar-refractivity contribution in [3.8, 4) is 0 Å². The smallest absolute Gasteiger partial charge is 0.252 e. The Kier molecular flexibility index (Phi) is 2.51. The molecule has 3 aliphatic heterocycles. The predicted octanol–water partition coefficient (Wildman–Crippen LogP) is 3.94. The van der Waals surface area contributed by atoms with Gasteiger partial charge in [-0.05, 0) is 17.7 Å². The number of nitrogens with zero attached hydrogens (tertiary/aromatic N) is 2. The molecule has 0 radical (unpaired) electrons. The maximum Gasteiger partial charge on any atom is 0.252 e. The van der Waals surface area contributed by atoms with Crippen molar-refractivity contribution in [1.82, 2.24) is 14.5 Å². The van der Waals surface area contributed by atoms with E-state index >= 15 is 0 Å². The molecule has 1 fully saturated rings. The maximum atomic E-state index is 13.0. The summed E-state index contributed by atoms with van der Waals surface area (Å²) in [7, 11) is 0. The third-order valence-corrected chi connectivity index (χ3v) is 7.16. The van der Waals surface area contributed by atoms with Crippen LogP contribution >= 0.6 is 0 Å². The minimum absolute atomic E-state index is 0.0120. The molecule has 3 aliphatic rings. The summed E-state index contributed by atoms with van der Waals surface area (Å²) in [5, 5.41) is 18.3. The lowest BCUT2D eigenvalue weighted by molar-refractivity contribution is -0.0504. The zero-order chi connectivity index (χ0) is 19.7. The van der Waals surface area contributed by atoms with Gasteiger partial charge in [-0.15, -0.1) is 0 Å². The maximum absolute atomic E-state index is 13.0. The molecule has 2 bridgehead atoms. The van der Waals surface area contributed by atoms with Crippen molar-refractivity contribution in [1.29, 1.82) is 0 Å². The highest BCUT2D eigenvalue weighted by atomic mass is 16.5. The summed E-state index contributed by atoms with van der Waals surface area (Å²) in [4.78, 5) is 13.0. The standard InChI is InChI=1S/C24H17N3O3/c28-16-9-17-26-14-7-3-2-6-12(14)19-20-13(10-25-23(20)29)18-11-5-1-4-8-15(11)27(24(16)30-17)21(18)22(19)26/h1-8,16-17,24,28H,9-10H2,(H,25,29)/t16-,17?,24+/m1/s1. The fourth-order valence-electron chi connectivity index (χ4n) is 6.10. The monoisotopic (exact) mass is 395 g/mol. The van der Waals surface area contributed by atoms with Crippen LogP contribution in [0.15, 0.2) is 48.5 Å². The zero-order valence-electron chi connectivity index (χ0n) is 15.9. The van der Waals surface area contributed by atoms with Crippen LogP contribution in [0.3, 0.4) is 0 Å². The largest absolute Gasteiger partial charge is 0.388 e. The van der Waals surface area contributed by atoms with Crippen LogP contribution in [0.5, 0.6) is 0 Å². The van der Waals surface area contributed by atoms with Gasteiger partial charge in [0.15, 0.2) is 6.23 Å². The summed E-state index contributed by atoms with van der Waals surface area (Å²) in [5.74, 6) is -0.0120. The molecule has 2 N–H and O–H groups in total. The van der Waals surface area contributed by atoms with Crippen LogP contribution in [0, 0.1) is 0 Å². The Bertz CT molecular complexity index is 1610. The van der Waals surface area contributed by atoms with E-state index in [9.17, 15) is 9.90 Å². The van der Waals surface area contributed by atoms with Gasteiger partial charge in [0.1, 0.15) is 12.3 Å². The number of aromatic nitrogens is 2. The van der Waals surface area contributed by atoms with Crippen LogP contribution in [0.25, 0.3) is 43.6 Å². The molecule has 2 aromatic heterocycles. The van der Waals surface area contributed by atoms with E-state index in [1.165, 1.54) is 0 Å². The summed E-state index contributed by atoms with van der Waals surface area (Å²) >= 11 is 0. The molecule has 6 heteroatoms. The number of benzene rings is 3. The summed E-state index contributed by atoms with van der Waals surface area (Å²) in [6.45, 7) is 0.519. The van der Waals surface area contributed by atoms with Crippen molar-refractivity contribution in [2.24, 2.45) is 0 Å². The molecule has 3 aromatic carbocycles. The average molecular weight is 395 g/mol. The molecular formula is C24H17N3O3. The van der Waals surface area contributed by atoms with E-state index in [0.717, 1.165) is 54.7 Å². The summed E-state index contributed by atoms with van der Waals surface area (Å²) < 4.78 is 10.8. The number of hydrogen-bond acceptors (Lipinski definition) is 3. The van der Waals surface area contributed by atoms with Gasteiger partial charge in [0, 0.05) is 34.5 Å². The number of ether oxygens (including phenoxy) is 1. The molecule has 0 aliphatic carbocycles. The Balaban J connectivity index is 1.80. The summed E-state index contributed by atoms with van der Waals surface area (Å²) in [6, 6.07) is 16.4. The molecule has 5 aromatic rings. The van der Waals surface area contributed by atoms with Crippen molar-refractivity contribution >= 4 is 49.5 Å². The first-order valence-electron chi connectivity index (χ1n) is 10.4. The Labute approximate surface area is 170 Å². The first kappa shape index (κ1) is 15.5. The lowest BCUT2D eigenvalue weighted by Crippen LogP contribution is -2.19. The highest BCUT2D eigenvalue weighted by molar-refractivity contribution is 6.30. The molecule has 1 saturated heterocycles. The number of aliphatic hydroxyl groups excluding tert-OH is 1. The fraction of sp³-hybridized carbons (Fsp3) is 0.208. The molecule has 0 saturated carbocycles. The average Bonchev–Trinajstić information content (AvgIpc) is 3.46. The second-order valence-electron chi connectivity index (χ2n) is 8.54. The van der Waals surface area contributed by atoms with Gasteiger partial charge < -0.3 is 24.3 Å². The number of hydrogen-bond donors (Lipinski definition) is 2. The van der Waals surface area contributed by atoms with Gasteiger partial charge in [0.25, 0.3) is 5.91 Å². The van der Waals surface area contributed by atoms with Crippen LogP contribution in [-0.4, -0.2) is 26.3 Å². The first-order chi connectivity index (χ1) is 14.7. The van der Waals surface area contributed by atoms with Crippen molar-refractivity contribution in [3.63, 3.8) is 0 Å². The number of nitrogens with one attached hydrogen (secondary N) is 1. The third-order valence-electron chi connectivity index (χ3n) is 7.16. The number of para-hydroxylation sites is 2. The first-order valence-corrected chi connectivity index (χ1v) is 10.4. The second kappa shape index (κ2) is 4.86. The number of carbonyl (C=O) groups excluding carboxylic acids is 1. The number of amides is 1. The number of carbonyl (C=O) groups is 1. The van der Waals surface area contributed by atoms with Crippen molar-refractivity contribution in [2.45, 2.75) is 31.5 Å². The SMILES string of the molecule is O=C1NCc2c1c1c3ccccc3n3c1c1c2c2ccccc2n1[C@H]1OC3C[C@H]1O. The predicted molar refractivity (Wildman–Crippen MR) is 113 cm³/mol. The fourth-order valence-corrected chi connectivity index (χ4v) is 6.10. The third kappa shape index (κ3) is 1.51. The molecular weight excluding hydrogens is 378 g/mol. The van der Waals surface area contributed by atoms with E-state index in [1.54, 1.807) is 0 Å². The zero-order valence-corrected chi connectivity index (χ0v) is 15.9. The van der Waals surface area contributed by atoms with Crippen LogP contribution in [0.1, 0.15) is 34.8 Å². The Hall–Kier alpha value is -3.35. The molecule has 30 heavy (non-hydrogen) atoms. The van der Waals surface area contributed by atoms with Crippen LogP contribution in [0.2, 0.25) is 0 Å². The second-order valence-corrected chi connectivity index (χ2v) is 8.54. The van der Waals surface area contributed by atoms with E-state index in [-0.39, 0.29) is 12.1 Å². The van der Waals surface area contributed by atoms with Crippen molar-refractivity contribution in [2.75, 3.05) is 0 Å². The van der Waals surface area contributed by atoms with Crippen molar-refractivity contribution < 1.29 is 14.6 Å². The Morgan fingerprint density at radius 2 is 1.60 bits per heavy atom. The minimum atomic E-state index is -0.591. The van der Waals surface area contributed by atoms with E-state index < -0.39 is 12.3 Å². The molecule has 5 heterocycles. The van der Waals surface area contributed by atoms with Gasteiger partial charge in [-0.2, -0.15) is 0 Å². The van der Waals surface area contributed by atoms with Crippen LogP contribution < -0.4 is 5.32 Å². The van der Waals surface area contributed by atoms with E-state index in [2.05, 4.69) is 38.7 Å². The van der Waals surface area contributed by atoms with Crippen molar-refractivity contribution in [3.05, 3.63) is 59.7 Å². The van der Waals surface area contributed by atoms with Gasteiger partial charge in [-0.1, -0.05) is 36.4 Å². The Morgan fingerprint density at radius 1 is 0.933 bits per heavy atom. The minimum Gasteiger partial charge on any atom is -0.388 e. The Morgan fingerprint density at radius 3 is 2.40 bits per heavy atom. The highest BCUT2D eigenvalue weighted by Gasteiger charge is 2.44. The lowest BCUT2D eigenvalue weighted by Gasteiger charge is -2.18. The van der Waals surface area contributed by atoms with Gasteiger partial charge in [0.05, 0.1) is 27.6 Å². The quantitative estimate of drug-likeness (QED) is 0.417. The number of fused-ring (bicyclic) bond motifs is 13. The van der Waals surface area contributed by atoms with E-state index in [1.807, 2.05) is 24.3 Å². The topological polar surface area (TPSA) is 68.4 Å². The molecule has 6 nitrogen and oxygen atoms in total. The molecule has 8 rings (SSSR count). The highest BCUT2D eigenvalue weighted by Crippen LogP contribution is 2.52. The normalized spacial score (nSPS) is 24.4. The van der Waals surface area contributed by atoms with E-state index in [4.69, 9.17) is 4.74 Å². The summed E-state index contributed by atoms with van der Waals surface area (Å²) in [5.41, 5.74) is 6.01. The van der Waals surface area contributed by atoms with Gasteiger partial charge in [-0.25, -0.2) is 0 Å². The van der Waals surface area contributed by atoms with E-state index in [0.29, 0.717) is 13.0 Å². The molecule has 3 atom stereocenters. The van der Waals surface area contributed by atoms with Gasteiger partial charge in [-0.3, -0.25) is 4.79 Å². The lowest BCUT2D eigenvalue weighted by atomic mass is 9.97. The van der Waals surface area contributed by atoms with Crippen LogP contribution in [-0.2, 0) is 11.3 Å². The summed E-state index contributed by atoms with van der Waals surface area (Å²) in [6.07, 6.45) is -0.777. The molecule has 1 unspecified atom stereocenters. The number of rotatable bonds is 0. The molecule has 146 valence electrons. The van der Waals surface area contributed by atoms with Gasteiger partial charge >= 0.3 is 0 Å². The molecule has 0 spiro atoms. The van der Waals surface area contributed by atoms with Gasteiger partial charge in [0.2, 0.25) is 0 Å². The molecule has 1 amide bonds. The van der Waals surface area contributed by atoms with Crippen LogP contribution in [0.4, 0.5) is 0 Å². The number of aliphatic hydroxyl groups is 1.